The van der Waals surface area contributed by atoms with E-state index in [9.17, 15) is 8.42 Å². The molecule has 0 amide bonds. The zero-order valence-electron chi connectivity index (χ0n) is 3.53. The summed E-state index contributed by atoms with van der Waals surface area (Å²) in [4.78, 5) is 0. The maximum atomic E-state index is 9.88. The van der Waals surface area contributed by atoms with Gasteiger partial charge in [0.1, 0.15) is 0 Å². The molecule has 1 saturated heterocycles. The van der Waals surface area contributed by atoms with Crippen molar-refractivity contribution in [3.05, 3.63) is 0 Å². The molecule has 1 aliphatic rings. The topological polar surface area (TPSA) is 57.4 Å². The van der Waals surface area contributed by atoms with Crippen LogP contribution in [-0.2, 0) is 10.3 Å². The smallest absolute Gasteiger partial charge is 0.273 e. The minimum Gasteiger partial charge on any atom is -0.273 e. The summed E-state index contributed by atoms with van der Waals surface area (Å²) < 4.78 is 28.8. The second kappa shape index (κ2) is 1.18. The van der Waals surface area contributed by atoms with Crippen molar-refractivity contribution in [2.24, 2.45) is 0 Å². The second-order valence-corrected chi connectivity index (χ2v) is 2.79. The molecule has 1 rings (SSSR count). The van der Waals surface area contributed by atoms with Crippen molar-refractivity contribution in [2.75, 3.05) is 13.1 Å². The van der Waals surface area contributed by atoms with Gasteiger partial charge in [0.05, 0.1) is 0 Å². The molecule has 5 heteroatoms. The van der Waals surface area contributed by atoms with Crippen LogP contribution in [-0.4, -0.2) is 30.4 Å². The third kappa shape index (κ3) is 1.12. The summed E-state index contributed by atoms with van der Waals surface area (Å²) in [5.41, 5.74) is 0. The van der Waals surface area contributed by atoms with E-state index in [1.54, 1.807) is 0 Å². The van der Waals surface area contributed by atoms with Crippen LogP contribution in [0.5, 0.6) is 0 Å². The Morgan fingerprint density at radius 3 is 1.86 bits per heavy atom. The Morgan fingerprint density at radius 1 is 1.43 bits per heavy atom. The predicted molar refractivity (Wildman–Crippen MR) is 23.1 cm³/mol. The van der Waals surface area contributed by atoms with E-state index in [-0.39, 0.29) is 0 Å². The maximum absolute atomic E-state index is 9.88. The fourth-order valence-corrected chi connectivity index (χ4v) is 0.815. The highest BCUT2D eigenvalue weighted by Crippen LogP contribution is 2.07. The van der Waals surface area contributed by atoms with Crippen LogP contribution >= 0.6 is 0 Å². The van der Waals surface area contributed by atoms with Gasteiger partial charge >= 0.3 is 10.3 Å². The van der Waals surface area contributed by atoms with E-state index in [0.717, 1.165) is 4.31 Å². The minimum absolute atomic E-state index is 0.471. The molecule has 42 valence electrons. The molecule has 0 spiro atoms. The van der Waals surface area contributed by atoms with E-state index >= 15 is 0 Å². The molecule has 0 atom stereocenters. The molecule has 0 aromatic heterocycles. The van der Waals surface area contributed by atoms with E-state index in [2.05, 4.69) is 0 Å². The summed E-state index contributed by atoms with van der Waals surface area (Å²) >= 11 is 0. The molecule has 1 aliphatic heterocycles. The fraction of sp³-hybridized carbons (Fsp3) is 1.00. The summed E-state index contributed by atoms with van der Waals surface area (Å²) in [6.07, 6.45) is 0. The molecule has 0 radical (unpaired) electrons. The van der Waals surface area contributed by atoms with E-state index < -0.39 is 10.3 Å². The van der Waals surface area contributed by atoms with Gasteiger partial charge in [-0.25, -0.2) is 0 Å². The summed E-state index contributed by atoms with van der Waals surface area (Å²) in [5.74, 6) is 0. The van der Waals surface area contributed by atoms with E-state index in [4.69, 9.17) is 4.55 Å². The Bertz CT molecular complexity index is 156. The summed E-state index contributed by atoms with van der Waals surface area (Å²) in [7, 11) is -3.80. The molecule has 4 nitrogen and oxygen atoms in total. The average Bonchev–Trinajstić information content (AvgIpc) is 1.99. The van der Waals surface area contributed by atoms with Gasteiger partial charge in [0.15, 0.2) is 0 Å². The maximum Gasteiger partial charge on any atom is 0.335 e. The first-order valence-electron chi connectivity index (χ1n) is 1.83. The highest BCUT2D eigenvalue weighted by atomic mass is 32.2. The van der Waals surface area contributed by atoms with Gasteiger partial charge in [-0.3, -0.25) is 4.55 Å². The van der Waals surface area contributed by atoms with Crippen molar-refractivity contribution in [3.63, 3.8) is 0 Å². The van der Waals surface area contributed by atoms with Crippen LogP contribution in [0.1, 0.15) is 0 Å². The molecule has 1 N–H and O–H groups in total. The summed E-state index contributed by atoms with van der Waals surface area (Å²) in [6, 6.07) is 0. The minimum atomic E-state index is -3.80. The predicted octanol–water partition coefficient (Wildman–Crippen LogP) is -0.895. The summed E-state index contributed by atoms with van der Waals surface area (Å²) in [5, 5.41) is 0. The molecule has 1 heterocycles. The molecular formula is C2H5NO3S. The third-order valence-electron chi connectivity index (χ3n) is 0.732. The van der Waals surface area contributed by atoms with Crippen molar-refractivity contribution >= 4 is 10.3 Å². The fourth-order valence-electron chi connectivity index (χ4n) is 0.272. The lowest BCUT2D eigenvalue weighted by atomic mass is 11.0. The van der Waals surface area contributed by atoms with Crippen LogP contribution in [0.25, 0.3) is 0 Å². The van der Waals surface area contributed by atoms with E-state index in [1.165, 1.54) is 0 Å². The van der Waals surface area contributed by atoms with Gasteiger partial charge in [-0.2, -0.15) is 12.7 Å². The van der Waals surface area contributed by atoms with Crippen LogP contribution in [0.4, 0.5) is 0 Å². The number of nitrogens with zero attached hydrogens (tertiary/aromatic N) is 1. The van der Waals surface area contributed by atoms with Crippen LogP contribution in [0.3, 0.4) is 0 Å². The van der Waals surface area contributed by atoms with Gasteiger partial charge in [0, 0.05) is 13.1 Å². The van der Waals surface area contributed by atoms with Crippen molar-refractivity contribution in [1.29, 1.82) is 0 Å². The normalized spacial score (nSPS) is 22.4. The SMILES string of the molecule is O=S(=O)(O)N1CC1. The van der Waals surface area contributed by atoms with Gasteiger partial charge in [0.25, 0.3) is 0 Å². The Labute approximate surface area is 41.6 Å². The van der Waals surface area contributed by atoms with E-state index in [1.807, 2.05) is 0 Å². The highest BCUT2D eigenvalue weighted by Gasteiger charge is 2.29. The van der Waals surface area contributed by atoms with Crippen molar-refractivity contribution < 1.29 is 13.0 Å². The van der Waals surface area contributed by atoms with Gasteiger partial charge < -0.3 is 0 Å². The summed E-state index contributed by atoms with van der Waals surface area (Å²) in [6.45, 7) is 0.942. The number of hydrogen-bond donors (Lipinski definition) is 1. The van der Waals surface area contributed by atoms with Gasteiger partial charge in [-0.1, -0.05) is 0 Å². The Morgan fingerprint density at radius 2 is 1.86 bits per heavy atom. The molecule has 0 bridgehead atoms. The van der Waals surface area contributed by atoms with Crippen LogP contribution in [0, 0.1) is 0 Å². The van der Waals surface area contributed by atoms with Crippen molar-refractivity contribution in [2.45, 2.75) is 0 Å². The van der Waals surface area contributed by atoms with E-state index in [0.29, 0.717) is 13.1 Å². The Hall–Kier alpha value is -0.130. The van der Waals surface area contributed by atoms with Gasteiger partial charge in [-0.15, -0.1) is 0 Å². The quantitative estimate of drug-likeness (QED) is 0.363. The monoisotopic (exact) mass is 123 g/mol. The standard InChI is InChI=1S/C2H5NO3S/c4-7(5,6)3-1-2-3/h1-2H2,(H,4,5,6). The first kappa shape index (κ1) is 5.02. The van der Waals surface area contributed by atoms with Gasteiger partial charge in [0.2, 0.25) is 0 Å². The first-order chi connectivity index (χ1) is 3.11. The molecular weight excluding hydrogens is 118 g/mol. The largest absolute Gasteiger partial charge is 0.335 e. The highest BCUT2D eigenvalue weighted by molar-refractivity contribution is 7.83. The zero-order valence-corrected chi connectivity index (χ0v) is 4.35. The lowest BCUT2D eigenvalue weighted by Gasteiger charge is -1.87. The molecule has 0 aromatic rings. The van der Waals surface area contributed by atoms with Crippen molar-refractivity contribution in [1.82, 2.24) is 4.31 Å². The Kier molecular flexibility index (Phi) is 0.844. The lowest BCUT2D eigenvalue weighted by molar-refractivity contribution is 0.447. The van der Waals surface area contributed by atoms with Gasteiger partial charge in [-0.05, 0) is 0 Å². The number of rotatable bonds is 1. The Balaban J connectivity index is 2.71. The molecule has 0 aromatic carbocycles. The molecule has 0 saturated carbocycles. The lowest BCUT2D eigenvalue weighted by Crippen LogP contribution is -2.08. The number of hydrogen-bond acceptors (Lipinski definition) is 2. The van der Waals surface area contributed by atoms with Crippen LogP contribution < -0.4 is 0 Å². The molecule has 0 unspecified atom stereocenters. The second-order valence-electron chi connectivity index (χ2n) is 1.38. The van der Waals surface area contributed by atoms with Crippen molar-refractivity contribution in [3.8, 4) is 0 Å². The molecule has 7 heavy (non-hydrogen) atoms. The van der Waals surface area contributed by atoms with Crippen LogP contribution in [0.2, 0.25) is 0 Å². The molecule has 1 fully saturated rings. The third-order valence-corrected chi connectivity index (χ3v) is 1.75. The first-order valence-corrected chi connectivity index (χ1v) is 3.23. The average molecular weight is 123 g/mol. The zero-order chi connectivity index (χ0) is 5.49. The van der Waals surface area contributed by atoms with Crippen LogP contribution in [0.15, 0.2) is 0 Å². The molecule has 0 aliphatic carbocycles.